The summed E-state index contributed by atoms with van der Waals surface area (Å²) in [5.41, 5.74) is 0.0497. The number of alkyl halides is 1. The summed E-state index contributed by atoms with van der Waals surface area (Å²) in [5.74, 6) is 0.942. The van der Waals surface area contributed by atoms with Crippen LogP contribution in [0.1, 0.15) is 40.5 Å². The van der Waals surface area contributed by atoms with Gasteiger partial charge in [-0.05, 0) is 46.5 Å². The monoisotopic (exact) mass is 394 g/mol. The molecule has 1 aromatic rings. The van der Waals surface area contributed by atoms with Crippen LogP contribution in [0.2, 0.25) is 0 Å². The van der Waals surface area contributed by atoms with Crippen molar-refractivity contribution in [3.05, 3.63) is 12.4 Å². The molecule has 27 heavy (non-hydrogen) atoms. The third kappa shape index (κ3) is 4.55. The predicted octanol–water partition coefficient (Wildman–Crippen LogP) is 1.35. The van der Waals surface area contributed by atoms with Crippen LogP contribution in [0, 0.1) is 5.92 Å². The minimum atomic E-state index is -0.455. The number of rotatable bonds is 5. The molecule has 1 aromatic heterocycles. The maximum absolute atomic E-state index is 11.4. The highest BCUT2D eigenvalue weighted by molar-refractivity contribution is 6.61. The van der Waals surface area contributed by atoms with Crippen LogP contribution < -0.4 is 15.7 Å². The van der Waals surface area contributed by atoms with Crippen molar-refractivity contribution in [2.45, 2.75) is 51.7 Å². The van der Waals surface area contributed by atoms with Gasteiger partial charge in [-0.1, -0.05) is 0 Å². The summed E-state index contributed by atoms with van der Waals surface area (Å²) < 4.78 is 12.1. The average molecular weight is 395 g/mol. The van der Waals surface area contributed by atoms with Crippen molar-refractivity contribution >= 4 is 36.0 Å². The Kier molecular flexibility index (Phi) is 5.98. The van der Waals surface area contributed by atoms with Gasteiger partial charge in [0, 0.05) is 37.5 Å². The second-order valence-electron chi connectivity index (χ2n) is 8.30. The van der Waals surface area contributed by atoms with Crippen molar-refractivity contribution in [1.82, 2.24) is 15.3 Å². The second-order valence-corrected chi connectivity index (χ2v) is 8.56. The predicted molar refractivity (Wildman–Crippen MR) is 106 cm³/mol. The second kappa shape index (κ2) is 7.93. The van der Waals surface area contributed by atoms with E-state index in [2.05, 4.69) is 20.2 Å². The molecule has 0 spiro atoms. The van der Waals surface area contributed by atoms with Crippen LogP contribution in [0.25, 0.3) is 0 Å². The van der Waals surface area contributed by atoms with Crippen molar-refractivity contribution in [3.63, 3.8) is 0 Å². The van der Waals surface area contributed by atoms with E-state index in [1.807, 2.05) is 27.7 Å². The summed E-state index contributed by atoms with van der Waals surface area (Å²) in [7, 11) is -0.455. The molecule has 0 aromatic carbocycles. The molecule has 2 aliphatic rings. The average Bonchev–Trinajstić information content (AvgIpc) is 2.87. The van der Waals surface area contributed by atoms with Crippen molar-refractivity contribution in [2.75, 3.05) is 30.4 Å². The number of halogens is 1. The highest BCUT2D eigenvalue weighted by Crippen LogP contribution is 2.36. The maximum atomic E-state index is 11.4. The van der Waals surface area contributed by atoms with Crippen LogP contribution in [-0.2, 0) is 14.1 Å². The minimum absolute atomic E-state index is 0.0000718. The van der Waals surface area contributed by atoms with Gasteiger partial charge in [0.2, 0.25) is 11.9 Å². The number of aromatic nitrogens is 2. The van der Waals surface area contributed by atoms with E-state index in [1.165, 1.54) is 0 Å². The standard InChI is InChI=1S/C18H28BClN4O3/c1-17(2)18(3,4)27-19(26-17)14-10-22-16(23-11-14)24-7-5-6-13(12-24)9-21-15(25)8-20/h10-11,13H,5-9,12H2,1-4H3,(H,21,25)/t13-/m0/s1. The smallest absolute Gasteiger partial charge is 0.399 e. The lowest BCUT2D eigenvalue weighted by molar-refractivity contribution is -0.118. The summed E-state index contributed by atoms with van der Waals surface area (Å²) in [4.78, 5) is 22.6. The van der Waals surface area contributed by atoms with Crippen LogP contribution in [0.15, 0.2) is 12.4 Å². The number of piperidine rings is 1. The lowest BCUT2D eigenvalue weighted by atomic mass is 9.81. The molecule has 0 unspecified atom stereocenters. The number of amides is 1. The molecular weight excluding hydrogens is 366 g/mol. The van der Waals surface area contributed by atoms with Gasteiger partial charge in [-0.25, -0.2) is 9.97 Å². The summed E-state index contributed by atoms with van der Waals surface area (Å²) in [6, 6.07) is 0. The molecular formula is C18H28BClN4O3. The fourth-order valence-corrected chi connectivity index (χ4v) is 3.41. The first-order valence-corrected chi connectivity index (χ1v) is 10.0. The highest BCUT2D eigenvalue weighted by Gasteiger charge is 2.52. The Labute approximate surface area is 166 Å². The fourth-order valence-electron chi connectivity index (χ4n) is 3.31. The first-order valence-electron chi connectivity index (χ1n) is 9.47. The zero-order valence-electron chi connectivity index (χ0n) is 16.5. The van der Waals surface area contributed by atoms with Gasteiger partial charge in [-0.2, -0.15) is 0 Å². The number of carbonyl (C=O) groups excluding carboxylic acids is 1. The third-order valence-corrected chi connectivity index (χ3v) is 5.94. The number of anilines is 1. The summed E-state index contributed by atoms with van der Waals surface area (Å²) in [6.45, 7) is 10.5. The zero-order chi connectivity index (χ0) is 19.7. The van der Waals surface area contributed by atoms with Crippen molar-refractivity contribution < 1.29 is 14.1 Å². The molecule has 1 N–H and O–H groups in total. The van der Waals surface area contributed by atoms with E-state index in [4.69, 9.17) is 20.9 Å². The van der Waals surface area contributed by atoms with E-state index in [0.29, 0.717) is 18.4 Å². The summed E-state index contributed by atoms with van der Waals surface area (Å²) >= 11 is 5.54. The first kappa shape index (κ1) is 20.4. The number of hydrogen-bond acceptors (Lipinski definition) is 6. The Bertz CT molecular complexity index is 655. The Morgan fingerprint density at radius 1 is 1.30 bits per heavy atom. The SMILES string of the molecule is CC1(C)OB(c2cnc(N3CCC[C@@H](CNC(=O)CCl)C3)nc2)OC1(C)C. The molecule has 7 nitrogen and oxygen atoms in total. The summed E-state index contributed by atoms with van der Waals surface area (Å²) in [6.07, 6.45) is 5.68. The van der Waals surface area contributed by atoms with E-state index >= 15 is 0 Å². The van der Waals surface area contributed by atoms with E-state index in [1.54, 1.807) is 12.4 Å². The van der Waals surface area contributed by atoms with Gasteiger partial charge >= 0.3 is 7.12 Å². The molecule has 148 valence electrons. The lowest BCUT2D eigenvalue weighted by Gasteiger charge is -2.32. The van der Waals surface area contributed by atoms with Crippen LogP contribution in [0.3, 0.4) is 0 Å². The zero-order valence-corrected chi connectivity index (χ0v) is 17.3. The van der Waals surface area contributed by atoms with Gasteiger partial charge in [0.15, 0.2) is 0 Å². The molecule has 9 heteroatoms. The maximum Gasteiger partial charge on any atom is 0.498 e. The topological polar surface area (TPSA) is 76.6 Å². The van der Waals surface area contributed by atoms with Crippen LogP contribution in [0.5, 0.6) is 0 Å². The van der Waals surface area contributed by atoms with Gasteiger partial charge in [-0.3, -0.25) is 4.79 Å². The largest absolute Gasteiger partial charge is 0.498 e. The molecule has 1 amide bonds. The van der Waals surface area contributed by atoms with Gasteiger partial charge in [-0.15, -0.1) is 11.6 Å². The van der Waals surface area contributed by atoms with Crippen molar-refractivity contribution in [3.8, 4) is 0 Å². The molecule has 2 aliphatic heterocycles. The van der Waals surface area contributed by atoms with Gasteiger partial charge in [0.25, 0.3) is 0 Å². The van der Waals surface area contributed by atoms with E-state index in [-0.39, 0.29) is 23.0 Å². The minimum Gasteiger partial charge on any atom is -0.399 e. The quantitative estimate of drug-likeness (QED) is 0.600. The molecule has 0 saturated carbocycles. The molecule has 3 rings (SSSR count). The molecule has 2 fully saturated rings. The van der Waals surface area contributed by atoms with E-state index < -0.39 is 7.12 Å². The molecule has 0 bridgehead atoms. The Morgan fingerprint density at radius 3 is 2.52 bits per heavy atom. The normalized spacial score (nSPS) is 24.1. The van der Waals surface area contributed by atoms with E-state index in [9.17, 15) is 4.79 Å². The Hall–Kier alpha value is -1.38. The third-order valence-electron chi connectivity index (χ3n) is 5.69. The molecule has 0 radical (unpaired) electrons. The number of nitrogens with zero attached hydrogens (tertiary/aromatic N) is 3. The Morgan fingerprint density at radius 2 is 1.93 bits per heavy atom. The van der Waals surface area contributed by atoms with Crippen LogP contribution in [0.4, 0.5) is 5.95 Å². The number of nitrogens with one attached hydrogen (secondary N) is 1. The van der Waals surface area contributed by atoms with Gasteiger partial charge < -0.3 is 19.5 Å². The van der Waals surface area contributed by atoms with Crippen LogP contribution >= 0.6 is 11.6 Å². The Balaban J connectivity index is 1.61. The summed E-state index contributed by atoms with van der Waals surface area (Å²) in [5, 5.41) is 2.86. The number of hydrogen-bond donors (Lipinski definition) is 1. The molecule has 1 atom stereocenters. The fraction of sp³-hybridized carbons (Fsp3) is 0.722. The lowest BCUT2D eigenvalue weighted by Crippen LogP contribution is -2.42. The molecule has 0 aliphatic carbocycles. The van der Waals surface area contributed by atoms with E-state index in [0.717, 1.165) is 31.4 Å². The number of carbonyl (C=O) groups is 1. The van der Waals surface area contributed by atoms with Crippen molar-refractivity contribution in [2.24, 2.45) is 5.92 Å². The van der Waals surface area contributed by atoms with Gasteiger partial charge in [0.1, 0.15) is 5.88 Å². The highest BCUT2D eigenvalue weighted by atomic mass is 35.5. The molecule has 2 saturated heterocycles. The molecule has 3 heterocycles. The van der Waals surface area contributed by atoms with Crippen LogP contribution in [-0.4, -0.2) is 59.7 Å². The first-order chi connectivity index (χ1) is 12.7. The van der Waals surface area contributed by atoms with Gasteiger partial charge in [0.05, 0.1) is 11.2 Å². The van der Waals surface area contributed by atoms with Crippen molar-refractivity contribution in [1.29, 1.82) is 0 Å².